The largest absolute Gasteiger partial charge is 0.374 e. The molecule has 2 heteroatoms. The first-order valence-corrected chi connectivity index (χ1v) is 8.10. The van der Waals surface area contributed by atoms with Crippen LogP contribution in [-0.2, 0) is 6.54 Å². The first-order valence-electron chi connectivity index (χ1n) is 8.10. The smallest absolute Gasteiger partial charge is 0.0409 e. The van der Waals surface area contributed by atoms with Crippen molar-refractivity contribution in [2.45, 2.75) is 59.0 Å². The zero-order valence-corrected chi connectivity index (χ0v) is 13.6. The molecule has 0 saturated heterocycles. The van der Waals surface area contributed by atoms with Crippen molar-refractivity contribution in [1.29, 1.82) is 0 Å². The van der Waals surface area contributed by atoms with E-state index in [-0.39, 0.29) is 0 Å². The number of hydrogen-bond acceptors (Lipinski definition) is 2. The highest BCUT2D eigenvalue weighted by molar-refractivity contribution is 5.54. The van der Waals surface area contributed by atoms with Crippen molar-refractivity contribution in [3.8, 4) is 0 Å². The fourth-order valence-corrected chi connectivity index (χ4v) is 3.22. The van der Waals surface area contributed by atoms with Gasteiger partial charge in [0.1, 0.15) is 0 Å². The van der Waals surface area contributed by atoms with E-state index in [1.807, 2.05) is 0 Å². The molecule has 0 aromatic heterocycles. The second-order valence-electron chi connectivity index (χ2n) is 6.70. The summed E-state index contributed by atoms with van der Waals surface area (Å²) in [7, 11) is 2.25. The summed E-state index contributed by atoms with van der Waals surface area (Å²) < 4.78 is 0. The van der Waals surface area contributed by atoms with Gasteiger partial charge in [0.25, 0.3) is 0 Å². The monoisotopic (exact) mass is 274 g/mol. The van der Waals surface area contributed by atoms with E-state index in [1.54, 1.807) is 0 Å². The first kappa shape index (κ1) is 15.4. The quantitative estimate of drug-likeness (QED) is 0.839. The highest BCUT2D eigenvalue weighted by Gasteiger charge is 2.18. The SMILES string of the molecule is Cc1ccc(N(C)CC2CCCC2)c(CNC(C)C)c1. The molecule has 0 bridgehead atoms. The Balaban J connectivity index is 2.07. The van der Waals surface area contributed by atoms with Gasteiger partial charge in [-0.15, -0.1) is 0 Å². The molecular formula is C18H30N2. The van der Waals surface area contributed by atoms with Crippen molar-refractivity contribution < 1.29 is 0 Å². The van der Waals surface area contributed by atoms with Crippen molar-refractivity contribution in [3.05, 3.63) is 29.3 Å². The van der Waals surface area contributed by atoms with E-state index in [0.29, 0.717) is 6.04 Å². The van der Waals surface area contributed by atoms with E-state index >= 15 is 0 Å². The Morgan fingerprint density at radius 3 is 2.60 bits per heavy atom. The summed E-state index contributed by atoms with van der Waals surface area (Å²) in [6.45, 7) is 8.76. The second kappa shape index (κ2) is 7.12. The molecule has 1 saturated carbocycles. The fraction of sp³-hybridized carbons (Fsp3) is 0.667. The van der Waals surface area contributed by atoms with Crippen LogP contribution in [0.3, 0.4) is 0 Å². The van der Waals surface area contributed by atoms with Crippen LogP contribution in [0.15, 0.2) is 18.2 Å². The fourth-order valence-electron chi connectivity index (χ4n) is 3.22. The summed E-state index contributed by atoms with van der Waals surface area (Å²) in [5.74, 6) is 0.896. The maximum Gasteiger partial charge on any atom is 0.0409 e. The Morgan fingerprint density at radius 2 is 1.95 bits per heavy atom. The van der Waals surface area contributed by atoms with Crippen LogP contribution in [0.2, 0.25) is 0 Å². The molecule has 1 aromatic rings. The summed E-state index contributed by atoms with van der Waals surface area (Å²) in [5.41, 5.74) is 4.18. The highest BCUT2D eigenvalue weighted by Crippen LogP contribution is 2.28. The molecule has 0 heterocycles. The summed E-state index contributed by atoms with van der Waals surface area (Å²) >= 11 is 0. The topological polar surface area (TPSA) is 15.3 Å². The molecule has 0 unspecified atom stereocenters. The van der Waals surface area contributed by atoms with Gasteiger partial charge in [-0.2, -0.15) is 0 Å². The third-order valence-corrected chi connectivity index (χ3v) is 4.35. The van der Waals surface area contributed by atoms with Gasteiger partial charge in [0, 0.05) is 31.9 Å². The lowest BCUT2D eigenvalue weighted by Crippen LogP contribution is -2.27. The van der Waals surface area contributed by atoms with E-state index in [2.05, 4.69) is 56.2 Å². The van der Waals surface area contributed by atoms with Crippen LogP contribution in [0.25, 0.3) is 0 Å². The molecule has 2 nitrogen and oxygen atoms in total. The van der Waals surface area contributed by atoms with Crippen LogP contribution in [0.4, 0.5) is 5.69 Å². The van der Waals surface area contributed by atoms with Gasteiger partial charge in [-0.25, -0.2) is 0 Å². The molecule has 112 valence electrons. The van der Waals surface area contributed by atoms with E-state index in [1.165, 1.54) is 49.0 Å². The number of aryl methyl sites for hydroxylation is 1. The number of nitrogens with zero attached hydrogens (tertiary/aromatic N) is 1. The van der Waals surface area contributed by atoms with Crippen molar-refractivity contribution in [3.63, 3.8) is 0 Å². The Bertz CT molecular complexity index is 419. The molecule has 2 rings (SSSR count). The maximum atomic E-state index is 3.55. The molecular weight excluding hydrogens is 244 g/mol. The average Bonchev–Trinajstić information content (AvgIpc) is 2.89. The van der Waals surface area contributed by atoms with Crippen LogP contribution in [0.1, 0.15) is 50.7 Å². The molecule has 1 aliphatic carbocycles. The number of benzene rings is 1. The normalized spacial score (nSPS) is 16.1. The zero-order valence-electron chi connectivity index (χ0n) is 13.6. The van der Waals surface area contributed by atoms with Gasteiger partial charge in [-0.1, -0.05) is 44.4 Å². The van der Waals surface area contributed by atoms with Crippen LogP contribution < -0.4 is 10.2 Å². The molecule has 0 spiro atoms. The Labute approximate surface area is 124 Å². The van der Waals surface area contributed by atoms with Crippen LogP contribution >= 0.6 is 0 Å². The minimum Gasteiger partial charge on any atom is -0.374 e. The number of rotatable bonds is 6. The summed E-state index contributed by atoms with van der Waals surface area (Å²) in [4.78, 5) is 2.47. The van der Waals surface area contributed by atoms with E-state index in [0.717, 1.165) is 12.5 Å². The van der Waals surface area contributed by atoms with Crippen molar-refractivity contribution in [2.24, 2.45) is 5.92 Å². The molecule has 0 amide bonds. The third-order valence-electron chi connectivity index (χ3n) is 4.35. The standard InChI is InChI=1S/C18H30N2/c1-14(2)19-12-17-11-15(3)9-10-18(17)20(4)13-16-7-5-6-8-16/h9-11,14,16,19H,5-8,12-13H2,1-4H3. The summed E-state index contributed by atoms with van der Waals surface area (Å²) in [5, 5.41) is 3.55. The van der Waals surface area contributed by atoms with Gasteiger partial charge in [0.05, 0.1) is 0 Å². The number of nitrogens with one attached hydrogen (secondary N) is 1. The third kappa shape index (κ3) is 4.24. The highest BCUT2D eigenvalue weighted by atomic mass is 15.1. The van der Waals surface area contributed by atoms with Gasteiger partial charge in [-0.3, -0.25) is 0 Å². The van der Waals surface area contributed by atoms with Gasteiger partial charge in [-0.05, 0) is 37.3 Å². The van der Waals surface area contributed by atoms with Gasteiger partial charge >= 0.3 is 0 Å². The van der Waals surface area contributed by atoms with Gasteiger partial charge in [0.2, 0.25) is 0 Å². The lowest BCUT2D eigenvalue weighted by atomic mass is 10.0. The average molecular weight is 274 g/mol. The molecule has 0 aliphatic heterocycles. The first-order chi connectivity index (χ1) is 9.56. The van der Waals surface area contributed by atoms with Gasteiger partial charge in [0.15, 0.2) is 0 Å². The van der Waals surface area contributed by atoms with Crippen LogP contribution in [-0.4, -0.2) is 19.6 Å². The summed E-state index contributed by atoms with van der Waals surface area (Å²) in [6.07, 6.45) is 5.67. The van der Waals surface area contributed by atoms with Crippen LogP contribution in [0.5, 0.6) is 0 Å². The molecule has 0 atom stereocenters. The summed E-state index contributed by atoms with van der Waals surface area (Å²) in [6, 6.07) is 7.39. The Hall–Kier alpha value is -1.02. The van der Waals surface area contributed by atoms with E-state index < -0.39 is 0 Å². The molecule has 1 aliphatic rings. The van der Waals surface area contributed by atoms with Crippen LogP contribution in [0, 0.1) is 12.8 Å². The molecule has 1 aromatic carbocycles. The predicted molar refractivity (Wildman–Crippen MR) is 88.4 cm³/mol. The van der Waals surface area contributed by atoms with Crippen molar-refractivity contribution in [1.82, 2.24) is 5.32 Å². The maximum absolute atomic E-state index is 3.55. The molecule has 20 heavy (non-hydrogen) atoms. The molecule has 1 N–H and O–H groups in total. The molecule has 1 fully saturated rings. The van der Waals surface area contributed by atoms with E-state index in [9.17, 15) is 0 Å². The number of hydrogen-bond donors (Lipinski definition) is 1. The lowest BCUT2D eigenvalue weighted by Gasteiger charge is -2.26. The Morgan fingerprint density at radius 1 is 1.25 bits per heavy atom. The lowest BCUT2D eigenvalue weighted by molar-refractivity contribution is 0.544. The zero-order chi connectivity index (χ0) is 14.5. The van der Waals surface area contributed by atoms with Crippen molar-refractivity contribution in [2.75, 3.05) is 18.5 Å². The predicted octanol–water partition coefficient (Wildman–Crippen LogP) is 4.12. The van der Waals surface area contributed by atoms with Gasteiger partial charge < -0.3 is 10.2 Å². The van der Waals surface area contributed by atoms with E-state index in [4.69, 9.17) is 0 Å². The minimum absolute atomic E-state index is 0.531. The second-order valence-corrected chi connectivity index (χ2v) is 6.70. The van der Waals surface area contributed by atoms with Crippen molar-refractivity contribution >= 4 is 5.69 Å². The molecule has 0 radical (unpaired) electrons. The minimum atomic E-state index is 0.531. The Kier molecular flexibility index (Phi) is 5.47. The number of anilines is 1.